The molecule has 0 spiro atoms. The third-order valence-electron chi connectivity index (χ3n) is 4.82. The molecule has 2 N–H and O–H groups in total. The Labute approximate surface area is 170 Å². The van der Waals surface area contributed by atoms with Crippen molar-refractivity contribution in [3.8, 4) is 0 Å². The Morgan fingerprint density at radius 2 is 1.97 bits per heavy atom. The number of hydrogen-bond acceptors (Lipinski definition) is 6. The number of rotatable bonds is 6. The summed E-state index contributed by atoms with van der Waals surface area (Å²) in [6.07, 6.45) is 1.89. The number of benzene rings is 1. The predicted octanol–water partition coefficient (Wildman–Crippen LogP) is 2.48. The number of amidine groups is 1. The Hall–Kier alpha value is -2.97. The lowest BCUT2D eigenvalue weighted by molar-refractivity contribution is 0.0706. The number of aliphatic imine (C=N–C) groups is 1. The molecule has 2 aromatic rings. The highest BCUT2D eigenvalue weighted by molar-refractivity contribution is 5.95. The minimum absolute atomic E-state index is 0.398. The van der Waals surface area contributed by atoms with Crippen LogP contribution in [0.25, 0.3) is 0 Å². The zero-order valence-corrected chi connectivity index (χ0v) is 16.8. The largest absolute Gasteiger partial charge is 0.378 e. The standard InChI is InChI=1S/C21H27N5O3/c1-3-22-16(2)26(15-17-4-6-18(7-5-17)21(27)24-28)20-9-8-19(14-23-20)25-10-12-29-13-11-25/h4-9,14,28H,3,10-13,15H2,1-2H3,(H,24,27)/b22-16+. The average Bonchev–Trinajstić information content (AvgIpc) is 2.78. The van der Waals surface area contributed by atoms with Crippen molar-refractivity contribution in [3.05, 3.63) is 53.7 Å². The van der Waals surface area contributed by atoms with Crippen molar-refractivity contribution in [3.63, 3.8) is 0 Å². The number of anilines is 2. The molecule has 1 aromatic carbocycles. The van der Waals surface area contributed by atoms with Gasteiger partial charge in [-0.15, -0.1) is 0 Å². The highest BCUT2D eigenvalue weighted by atomic mass is 16.5. The summed E-state index contributed by atoms with van der Waals surface area (Å²) in [4.78, 5) is 25.1. The second-order valence-corrected chi connectivity index (χ2v) is 6.72. The summed E-state index contributed by atoms with van der Waals surface area (Å²) in [6, 6.07) is 11.2. The van der Waals surface area contributed by atoms with Gasteiger partial charge in [0.1, 0.15) is 11.7 Å². The predicted molar refractivity (Wildman–Crippen MR) is 113 cm³/mol. The summed E-state index contributed by atoms with van der Waals surface area (Å²) in [7, 11) is 0. The van der Waals surface area contributed by atoms with Crippen LogP contribution < -0.4 is 15.3 Å². The molecule has 1 saturated heterocycles. The normalized spacial score (nSPS) is 14.6. The molecule has 1 aliphatic rings. The molecule has 1 aromatic heterocycles. The molecule has 0 unspecified atom stereocenters. The number of carbonyl (C=O) groups is 1. The highest BCUT2D eigenvalue weighted by Gasteiger charge is 2.15. The van der Waals surface area contributed by atoms with E-state index in [-0.39, 0.29) is 0 Å². The Balaban J connectivity index is 1.80. The fourth-order valence-electron chi connectivity index (χ4n) is 3.23. The Kier molecular flexibility index (Phi) is 7.15. The second kappa shape index (κ2) is 9.99. The maximum Gasteiger partial charge on any atom is 0.274 e. The van der Waals surface area contributed by atoms with Gasteiger partial charge in [-0.2, -0.15) is 0 Å². The van der Waals surface area contributed by atoms with Crippen LogP contribution in [-0.2, 0) is 11.3 Å². The van der Waals surface area contributed by atoms with Crippen molar-refractivity contribution >= 4 is 23.2 Å². The third kappa shape index (κ3) is 5.30. The number of hydroxylamine groups is 1. The molecular formula is C21H27N5O3. The first-order valence-corrected chi connectivity index (χ1v) is 9.73. The molecule has 2 heterocycles. The van der Waals surface area contributed by atoms with Gasteiger partial charge in [0.25, 0.3) is 5.91 Å². The van der Waals surface area contributed by atoms with Crippen LogP contribution in [0.1, 0.15) is 29.8 Å². The molecule has 8 nitrogen and oxygen atoms in total. The van der Waals surface area contributed by atoms with Crippen LogP contribution >= 0.6 is 0 Å². The van der Waals surface area contributed by atoms with Crippen molar-refractivity contribution in [2.24, 2.45) is 4.99 Å². The van der Waals surface area contributed by atoms with E-state index in [9.17, 15) is 4.79 Å². The van der Waals surface area contributed by atoms with Crippen molar-refractivity contribution in [2.45, 2.75) is 20.4 Å². The molecule has 0 bridgehead atoms. The van der Waals surface area contributed by atoms with Crippen LogP contribution in [0.2, 0.25) is 0 Å². The summed E-state index contributed by atoms with van der Waals surface area (Å²) in [6.45, 7) is 8.43. The third-order valence-corrected chi connectivity index (χ3v) is 4.82. The van der Waals surface area contributed by atoms with Gasteiger partial charge >= 0.3 is 0 Å². The number of pyridine rings is 1. The first-order chi connectivity index (χ1) is 14.1. The van der Waals surface area contributed by atoms with E-state index in [2.05, 4.69) is 20.9 Å². The van der Waals surface area contributed by atoms with Gasteiger partial charge in [0.2, 0.25) is 0 Å². The monoisotopic (exact) mass is 397 g/mol. The van der Waals surface area contributed by atoms with Crippen LogP contribution in [0.15, 0.2) is 47.6 Å². The lowest BCUT2D eigenvalue weighted by atomic mass is 10.1. The smallest absolute Gasteiger partial charge is 0.274 e. The van der Waals surface area contributed by atoms with Crippen LogP contribution in [0, 0.1) is 0 Å². The van der Waals surface area contributed by atoms with E-state index in [1.165, 1.54) is 0 Å². The van der Waals surface area contributed by atoms with Gasteiger partial charge in [-0.3, -0.25) is 15.0 Å². The summed E-state index contributed by atoms with van der Waals surface area (Å²) in [5.74, 6) is 1.16. The van der Waals surface area contributed by atoms with Crippen molar-refractivity contribution in [2.75, 3.05) is 42.6 Å². The van der Waals surface area contributed by atoms with Crippen molar-refractivity contribution in [1.29, 1.82) is 0 Å². The first-order valence-electron chi connectivity index (χ1n) is 9.73. The second-order valence-electron chi connectivity index (χ2n) is 6.72. The number of morpholine rings is 1. The van der Waals surface area contributed by atoms with Crippen molar-refractivity contribution in [1.82, 2.24) is 10.5 Å². The number of hydrogen-bond donors (Lipinski definition) is 2. The van der Waals surface area contributed by atoms with E-state index in [0.717, 1.165) is 49.2 Å². The summed E-state index contributed by atoms with van der Waals surface area (Å²) in [5, 5.41) is 8.76. The molecule has 29 heavy (non-hydrogen) atoms. The molecule has 0 radical (unpaired) electrons. The molecule has 8 heteroatoms. The van der Waals surface area contributed by atoms with E-state index in [1.807, 2.05) is 43.1 Å². The van der Waals surface area contributed by atoms with E-state index in [0.29, 0.717) is 18.7 Å². The van der Waals surface area contributed by atoms with Gasteiger partial charge in [0.05, 0.1) is 31.6 Å². The molecular weight excluding hydrogens is 370 g/mol. The summed E-state index contributed by atoms with van der Waals surface area (Å²) >= 11 is 0. The zero-order valence-electron chi connectivity index (χ0n) is 16.8. The maximum absolute atomic E-state index is 11.5. The molecule has 0 saturated carbocycles. The SMILES string of the molecule is CC/N=C(\C)N(Cc1ccc(C(=O)NO)cc1)c1ccc(N2CCOCC2)cn1. The fourth-order valence-corrected chi connectivity index (χ4v) is 3.23. The number of carbonyl (C=O) groups excluding carboxylic acids is 1. The molecule has 154 valence electrons. The van der Waals surface area contributed by atoms with Crippen LogP contribution in [0.4, 0.5) is 11.5 Å². The van der Waals surface area contributed by atoms with E-state index < -0.39 is 5.91 Å². The maximum atomic E-state index is 11.5. The molecule has 0 atom stereocenters. The van der Waals surface area contributed by atoms with Crippen LogP contribution in [0.3, 0.4) is 0 Å². The molecule has 0 aliphatic carbocycles. The lowest BCUT2D eigenvalue weighted by Crippen LogP contribution is -2.36. The van der Waals surface area contributed by atoms with Gasteiger partial charge in [-0.25, -0.2) is 10.5 Å². The Bertz CT molecular complexity index is 830. The van der Waals surface area contributed by atoms with Crippen LogP contribution in [-0.4, -0.2) is 54.8 Å². The van der Waals surface area contributed by atoms with E-state index in [1.54, 1.807) is 17.6 Å². The van der Waals surface area contributed by atoms with Gasteiger partial charge in [-0.05, 0) is 43.7 Å². The summed E-state index contributed by atoms with van der Waals surface area (Å²) < 4.78 is 5.41. The topological polar surface area (TPSA) is 90.3 Å². The summed E-state index contributed by atoms with van der Waals surface area (Å²) in [5.41, 5.74) is 4.13. The van der Waals surface area contributed by atoms with Gasteiger partial charge in [0.15, 0.2) is 0 Å². The van der Waals surface area contributed by atoms with Crippen LogP contribution in [0.5, 0.6) is 0 Å². The minimum atomic E-state index is -0.530. The lowest BCUT2D eigenvalue weighted by Gasteiger charge is -2.29. The minimum Gasteiger partial charge on any atom is -0.378 e. The van der Waals surface area contributed by atoms with E-state index in [4.69, 9.17) is 9.94 Å². The molecule has 1 amide bonds. The number of ether oxygens (including phenoxy) is 1. The number of nitrogens with zero attached hydrogens (tertiary/aromatic N) is 4. The number of aromatic nitrogens is 1. The first kappa shape index (κ1) is 20.8. The van der Waals surface area contributed by atoms with E-state index >= 15 is 0 Å². The Morgan fingerprint density at radius 3 is 2.55 bits per heavy atom. The van der Waals surface area contributed by atoms with Crippen molar-refractivity contribution < 1.29 is 14.7 Å². The van der Waals surface area contributed by atoms with Gasteiger partial charge in [-0.1, -0.05) is 12.1 Å². The molecule has 1 fully saturated rings. The Morgan fingerprint density at radius 1 is 1.24 bits per heavy atom. The van der Waals surface area contributed by atoms with Gasteiger partial charge in [0, 0.05) is 25.2 Å². The van der Waals surface area contributed by atoms with Gasteiger partial charge < -0.3 is 14.5 Å². The fraction of sp³-hybridized carbons (Fsp3) is 0.381. The number of amides is 1. The average molecular weight is 397 g/mol. The quantitative estimate of drug-likeness (QED) is 0.337. The number of nitrogens with one attached hydrogen (secondary N) is 1. The highest BCUT2D eigenvalue weighted by Crippen LogP contribution is 2.21. The molecule has 1 aliphatic heterocycles. The zero-order chi connectivity index (χ0) is 20.6. The molecule has 3 rings (SSSR count).